The molecule has 0 fully saturated rings. The van der Waals surface area contributed by atoms with E-state index in [1.165, 1.54) is 0 Å². The van der Waals surface area contributed by atoms with E-state index in [1.54, 1.807) is 24.0 Å². The molecule has 1 N–H and O–H groups in total. The summed E-state index contributed by atoms with van der Waals surface area (Å²) in [4.78, 5) is 14.3. The first-order chi connectivity index (χ1) is 10.2. The molecule has 0 aliphatic carbocycles. The molecular weight excluding hydrogens is 288 g/mol. The Bertz CT molecular complexity index is 752. The van der Waals surface area contributed by atoms with Crippen LogP contribution in [0.15, 0.2) is 54.4 Å². The van der Waals surface area contributed by atoms with Crippen molar-refractivity contribution >= 4 is 22.0 Å². The monoisotopic (exact) mass is 300 g/mol. The van der Waals surface area contributed by atoms with Crippen molar-refractivity contribution in [2.45, 2.75) is 6.54 Å². The van der Waals surface area contributed by atoms with Gasteiger partial charge in [0, 0.05) is 41.8 Å². The highest BCUT2D eigenvalue weighted by molar-refractivity contribution is 7.13. The lowest BCUT2D eigenvalue weighted by molar-refractivity contribution is -0.380. The summed E-state index contributed by atoms with van der Waals surface area (Å²) in [6.45, 7) is 0.553. The summed E-state index contributed by atoms with van der Waals surface area (Å²) in [5.41, 5.74) is 2.86. The highest BCUT2D eigenvalue weighted by atomic mass is 32.1. The summed E-state index contributed by atoms with van der Waals surface area (Å²) in [5, 5.41) is 15.9. The number of nitro groups is 1. The van der Waals surface area contributed by atoms with Gasteiger partial charge in [-0.2, -0.15) is 0 Å². The summed E-state index contributed by atoms with van der Waals surface area (Å²) in [7, 11) is 0. The van der Waals surface area contributed by atoms with Crippen molar-refractivity contribution < 1.29 is 4.92 Å². The van der Waals surface area contributed by atoms with Gasteiger partial charge in [-0.1, -0.05) is 17.4 Å². The van der Waals surface area contributed by atoms with Gasteiger partial charge in [0.1, 0.15) is 0 Å². The van der Waals surface area contributed by atoms with Crippen LogP contribution in [0.3, 0.4) is 0 Å². The quantitative estimate of drug-likeness (QED) is 0.578. The molecule has 6 nitrogen and oxygen atoms in total. The van der Waals surface area contributed by atoms with Gasteiger partial charge < -0.3 is 9.88 Å². The largest absolute Gasteiger partial charge is 0.381 e. The first kappa shape index (κ1) is 13.3. The molecule has 1 aromatic carbocycles. The fraction of sp³-hybridized carbons (Fsp3) is 0.0714. The van der Waals surface area contributed by atoms with Crippen LogP contribution in [-0.4, -0.2) is 14.5 Å². The minimum absolute atomic E-state index is 0.166. The van der Waals surface area contributed by atoms with Gasteiger partial charge in [0.05, 0.1) is 11.3 Å². The molecule has 0 unspecified atom stereocenters. The lowest BCUT2D eigenvalue weighted by Gasteiger charge is -2.08. The summed E-state index contributed by atoms with van der Waals surface area (Å²) >= 11 is 1.14. The van der Waals surface area contributed by atoms with Gasteiger partial charge in [0.25, 0.3) is 0 Å². The summed E-state index contributed by atoms with van der Waals surface area (Å²) < 4.78 is 1.92. The van der Waals surface area contributed by atoms with Crippen LogP contribution < -0.4 is 5.32 Å². The highest BCUT2D eigenvalue weighted by Crippen LogP contribution is 2.23. The van der Waals surface area contributed by atoms with Crippen molar-refractivity contribution in [2.24, 2.45) is 0 Å². The molecule has 7 heteroatoms. The molecule has 0 atom stereocenters. The van der Waals surface area contributed by atoms with Crippen molar-refractivity contribution in [3.8, 4) is 5.69 Å². The first-order valence-electron chi connectivity index (χ1n) is 6.26. The van der Waals surface area contributed by atoms with Crippen molar-refractivity contribution in [1.82, 2.24) is 9.55 Å². The molecule has 0 aliphatic heterocycles. The molecule has 3 aromatic rings. The Kier molecular flexibility index (Phi) is 3.65. The van der Waals surface area contributed by atoms with E-state index in [4.69, 9.17) is 0 Å². The topological polar surface area (TPSA) is 73.0 Å². The third-order valence-electron chi connectivity index (χ3n) is 2.97. The normalized spacial score (nSPS) is 10.5. The lowest BCUT2D eigenvalue weighted by Crippen LogP contribution is -1.99. The van der Waals surface area contributed by atoms with Gasteiger partial charge in [-0.05, 0) is 23.8 Å². The number of anilines is 1. The van der Waals surface area contributed by atoms with Gasteiger partial charge in [0.2, 0.25) is 0 Å². The molecule has 106 valence electrons. The third kappa shape index (κ3) is 3.09. The van der Waals surface area contributed by atoms with Crippen molar-refractivity contribution in [2.75, 3.05) is 5.32 Å². The SMILES string of the molecule is O=[N+]([O-])c1cc(CNc2cccc(-n3ccnc3)c2)cs1. The highest BCUT2D eigenvalue weighted by Gasteiger charge is 2.09. The van der Waals surface area contributed by atoms with E-state index in [-0.39, 0.29) is 9.92 Å². The number of hydrogen-bond acceptors (Lipinski definition) is 5. The Morgan fingerprint density at radius 3 is 3.00 bits per heavy atom. The zero-order chi connectivity index (χ0) is 14.7. The molecule has 2 aromatic heterocycles. The van der Waals surface area contributed by atoms with E-state index < -0.39 is 0 Å². The maximum Gasteiger partial charge on any atom is 0.324 e. The summed E-state index contributed by atoms with van der Waals surface area (Å²) in [6, 6.07) is 9.50. The number of aromatic nitrogens is 2. The molecule has 21 heavy (non-hydrogen) atoms. The number of imidazole rings is 1. The first-order valence-corrected chi connectivity index (χ1v) is 7.14. The maximum absolute atomic E-state index is 10.7. The molecule has 0 bridgehead atoms. The maximum atomic E-state index is 10.7. The van der Waals surface area contributed by atoms with E-state index in [9.17, 15) is 10.1 Å². The van der Waals surface area contributed by atoms with E-state index in [1.807, 2.05) is 35.0 Å². The van der Waals surface area contributed by atoms with Gasteiger partial charge in [-0.3, -0.25) is 10.1 Å². The van der Waals surface area contributed by atoms with Crippen LogP contribution in [-0.2, 0) is 6.54 Å². The predicted molar refractivity (Wildman–Crippen MR) is 81.9 cm³/mol. The Morgan fingerprint density at radius 2 is 2.29 bits per heavy atom. The summed E-state index contributed by atoms with van der Waals surface area (Å²) in [5.74, 6) is 0. The average Bonchev–Trinajstić information content (AvgIpc) is 3.17. The fourth-order valence-electron chi connectivity index (χ4n) is 1.94. The second-order valence-corrected chi connectivity index (χ2v) is 5.31. The minimum Gasteiger partial charge on any atom is -0.381 e. The minimum atomic E-state index is -0.367. The Labute approximate surface area is 124 Å². The molecule has 3 rings (SSSR count). The van der Waals surface area contributed by atoms with Gasteiger partial charge in [-0.25, -0.2) is 4.98 Å². The van der Waals surface area contributed by atoms with Crippen molar-refractivity contribution in [3.63, 3.8) is 0 Å². The number of nitrogens with one attached hydrogen (secondary N) is 1. The third-order valence-corrected chi connectivity index (χ3v) is 3.89. The van der Waals surface area contributed by atoms with E-state index >= 15 is 0 Å². The Morgan fingerprint density at radius 1 is 1.38 bits per heavy atom. The van der Waals surface area contributed by atoms with Gasteiger partial charge in [0.15, 0.2) is 0 Å². The molecule has 0 saturated heterocycles. The number of thiophene rings is 1. The van der Waals surface area contributed by atoms with E-state index in [0.717, 1.165) is 28.3 Å². The van der Waals surface area contributed by atoms with Crippen LogP contribution in [0.5, 0.6) is 0 Å². The molecule has 0 spiro atoms. The smallest absolute Gasteiger partial charge is 0.324 e. The number of hydrogen-bond donors (Lipinski definition) is 1. The van der Waals surface area contributed by atoms with Crippen LogP contribution in [0.1, 0.15) is 5.56 Å². The van der Waals surface area contributed by atoms with Crippen LogP contribution >= 0.6 is 11.3 Å². The number of benzene rings is 1. The second kappa shape index (κ2) is 5.76. The van der Waals surface area contributed by atoms with E-state index in [0.29, 0.717) is 6.54 Å². The van der Waals surface area contributed by atoms with Crippen molar-refractivity contribution in [3.05, 3.63) is 70.1 Å². The van der Waals surface area contributed by atoms with Crippen molar-refractivity contribution in [1.29, 1.82) is 0 Å². The lowest BCUT2D eigenvalue weighted by atomic mass is 10.2. The Hall–Kier alpha value is -2.67. The van der Waals surface area contributed by atoms with Crippen LogP contribution in [0.4, 0.5) is 10.7 Å². The molecule has 2 heterocycles. The van der Waals surface area contributed by atoms with Gasteiger partial charge in [-0.15, -0.1) is 0 Å². The zero-order valence-corrected chi connectivity index (χ0v) is 11.8. The fourth-order valence-corrected chi connectivity index (χ4v) is 2.67. The van der Waals surface area contributed by atoms with E-state index in [2.05, 4.69) is 10.3 Å². The molecule has 0 radical (unpaired) electrons. The molecular formula is C14H12N4O2S. The molecule has 0 aliphatic rings. The van der Waals surface area contributed by atoms with Gasteiger partial charge >= 0.3 is 5.00 Å². The number of rotatable bonds is 5. The number of nitrogens with zero attached hydrogens (tertiary/aromatic N) is 3. The zero-order valence-electron chi connectivity index (χ0n) is 11.0. The molecule has 0 saturated carbocycles. The van der Waals surface area contributed by atoms with Crippen LogP contribution in [0.2, 0.25) is 0 Å². The standard InChI is InChI=1S/C14H12N4O2S/c19-18(20)14-6-11(9-21-14)8-16-12-2-1-3-13(7-12)17-5-4-15-10-17/h1-7,9-10,16H,8H2. The second-order valence-electron chi connectivity index (χ2n) is 4.42. The van der Waals surface area contributed by atoms with Crippen LogP contribution in [0.25, 0.3) is 5.69 Å². The van der Waals surface area contributed by atoms with Crippen LogP contribution in [0, 0.1) is 10.1 Å². The average molecular weight is 300 g/mol. The Balaban J connectivity index is 1.70. The summed E-state index contributed by atoms with van der Waals surface area (Å²) in [6.07, 6.45) is 5.34. The predicted octanol–water partition coefficient (Wildman–Crippen LogP) is 3.45. The molecule has 0 amide bonds.